The lowest BCUT2D eigenvalue weighted by atomic mass is 9.64. The minimum atomic E-state index is -0.687. The first-order valence-corrected chi connectivity index (χ1v) is 5.24. The number of rotatable bonds is 5. The van der Waals surface area contributed by atoms with Gasteiger partial charge in [0.2, 0.25) is 0 Å². The van der Waals surface area contributed by atoms with E-state index in [1.807, 2.05) is 0 Å². The van der Waals surface area contributed by atoms with Crippen molar-refractivity contribution in [3.63, 3.8) is 0 Å². The van der Waals surface area contributed by atoms with Gasteiger partial charge in [0.05, 0.1) is 6.42 Å². The van der Waals surface area contributed by atoms with Crippen LogP contribution in [0.2, 0.25) is 0 Å². The first-order valence-electron chi connectivity index (χ1n) is 5.24. The topological polar surface area (TPSA) is 68.0 Å². The van der Waals surface area contributed by atoms with E-state index in [2.05, 4.69) is 10.1 Å². The predicted octanol–water partition coefficient (Wildman–Crippen LogP) is 1.31. The van der Waals surface area contributed by atoms with E-state index in [-0.39, 0.29) is 5.41 Å². The zero-order chi connectivity index (χ0) is 10.7. The van der Waals surface area contributed by atoms with E-state index >= 15 is 0 Å². The van der Waals surface area contributed by atoms with Crippen LogP contribution < -0.4 is 0 Å². The molecule has 1 saturated carbocycles. The first kappa shape index (κ1) is 10.1. The molecule has 0 bridgehead atoms. The lowest BCUT2D eigenvalue weighted by Gasteiger charge is -2.40. The molecule has 5 nitrogen and oxygen atoms in total. The Bertz CT molecular complexity index is 330. The molecule has 1 heterocycles. The van der Waals surface area contributed by atoms with E-state index < -0.39 is 5.97 Å². The van der Waals surface area contributed by atoms with E-state index in [1.165, 1.54) is 6.33 Å². The summed E-state index contributed by atoms with van der Waals surface area (Å²) < 4.78 is 1.77. The van der Waals surface area contributed by atoms with Crippen molar-refractivity contribution in [3.8, 4) is 0 Å². The molecule has 1 aliphatic carbocycles. The van der Waals surface area contributed by atoms with Crippen LogP contribution in [-0.4, -0.2) is 25.8 Å². The molecule has 0 unspecified atom stereocenters. The highest BCUT2D eigenvalue weighted by Gasteiger charge is 2.38. The Labute approximate surface area is 88.1 Å². The average molecular weight is 209 g/mol. The van der Waals surface area contributed by atoms with Gasteiger partial charge in [0.25, 0.3) is 0 Å². The summed E-state index contributed by atoms with van der Waals surface area (Å²) in [5.74, 6) is -0.687. The van der Waals surface area contributed by atoms with Crippen LogP contribution in [-0.2, 0) is 11.3 Å². The molecule has 82 valence electrons. The Morgan fingerprint density at radius 3 is 2.80 bits per heavy atom. The van der Waals surface area contributed by atoms with Crippen molar-refractivity contribution in [2.75, 3.05) is 0 Å². The van der Waals surface area contributed by atoms with Gasteiger partial charge in [-0.05, 0) is 24.7 Å². The maximum absolute atomic E-state index is 10.7. The van der Waals surface area contributed by atoms with Crippen molar-refractivity contribution in [1.82, 2.24) is 14.8 Å². The van der Waals surface area contributed by atoms with Crippen LogP contribution >= 0.6 is 0 Å². The summed E-state index contributed by atoms with van der Waals surface area (Å²) in [5.41, 5.74) is 0.0256. The number of aliphatic carboxylic acids is 1. The number of aryl methyl sites for hydroxylation is 1. The van der Waals surface area contributed by atoms with Crippen LogP contribution in [0.5, 0.6) is 0 Å². The van der Waals surface area contributed by atoms with Crippen molar-refractivity contribution >= 4 is 5.97 Å². The molecule has 15 heavy (non-hydrogen) atoms. The van der Waals surface area contributed by atoms with Gasteiger partial charge in [-0.1, -0.05) is 6.42 Å². The fourth-order valence-corrected chi connectivity index (χ4v) is 2.21. The Hall–Kier alpha value is -1.39. The molecule has 1 aliphatic rings. The summed E-state index contributed by atoms with van der Waals surface area (Å²) in [5, 5.41) is 12.9. The smallest absolute Gasteiger partial charge is 0.303 e. The van der Waals surface area contributed by atoms with Gasteiger partial charge >= 0.3 is 5.97 Å². The van der Waals surface area contributed by atoms with Gasteiger partial charge in [-0.25, -0.2) is 4.98 Å². The largest absolute Gasteiger partial charge is 0.481 e. The number of hydrogen-bond acceptors (Lipinski definition) is 3. The first-order chi connectivity index (χ1) is 7.20. The van der Waals surface area contributed by atoms with Crippen LogP contribution in [0.1, 0.15) is 32.1 Å². The molecular formula is C10H15N3O2. The number of aromatic nitrogens is 3. The zero-order valence-electron chi connectivity index (χ0n) is 8.59. The molecule has 1 aromatic heterocycles. The Morgan fingerprint density at radius 2 is 2.33 bits per heavy atom. The fourth-order valence-electron chi connectivity index (χ4n) is 2.21. The highest BCUT2D eigenvalue weighted by molar-refractivity contribution is 5.67. The second-order valence-electron chi connectivity index (χ2n) is 4.33. The SMILES string of the molecule is O=C(O)CC1(CCn2cncn2)CCC1. The summed E-state index contributed by atoms with van der Waals surface area (Å²) in [6, 6.07) is 0. The third kappa shape index (κ3) is 2.34. The van der Waals surface area contributed by atoms with E-state index in [4.69, 9.17) is 5.11 Å². The maximum Gasteiger partial charge on any atom is 0.303 e. The van der Waals surface area contributed by atoms with Gasteiger partial charge in [0.1, 0.15) is 12.7 Å². The molecule has 0 aromatic carbocycles. The van der Waals surface area contributed by atoms with Gasteiger partial charge in [-0.2, -0.15) is 5.10 Å². The Balaban J connectivity index is 1.88. The monoisotopic (exact) mass is 209 g/mol. The Kier molecular flexibility index (Phi) is 2.70. The standard InChI is InChI=1S/C10H15N3O2/c14-9(15)6-10(2-1-3-10)4-5-13-8-11-7-12-13/h7-8H,1-6H2,(H,14,15). The van der Waals surface area contributed by atoms with Crippen molar-refractivity contribution in [2.24, 2.45) is 5.41 Å². The molecule has 1 aromatic rings. The van der Waals surface area contributed by atoms with Crippen LogP contribution in [0.25, 0.3) is 0 Å². The second kappa shape index (κ2) is 4.00. The highest BCUT2D eigenvalue weighted by Crippen LogP contribution is 2.47. The van der Waals surface area contributed by atoms with E-state index in [1.54, 1.807) is 11.0 Å². The zero-order valence-corrected chi connectivity index (χ0v) is 8.59. The number of carbonyl (C=O) groups is 1. The molecule has 1 N–H and O–H groups in total. The summed E-state index contributed by atoms with van der Waals surface area (Å²) in [6.07, 6.45) is 7.59. The molecule has 0 spiro atoms. The molecule has 0 aliphatic heterocycles. The number of hydrogen-bond donors (Lipinski definition) is 1. The van der Waals surface area contributed by atoms with Gasteiger partial charge in [0, 0.05) is 6.54 Å². The normalized spacial score (nSPS) is 18.4. The van der Waals surface area contributed by atoms with E-state index in [0.717, 1.165) is 32.2 Å². The van der Waals surface area contributed by atoms with Gasteiger partial charge < -0.3 is 5.11 Å². The summed E-state index contributed by atoms with van der Waals surface area (Å²) >= 11 is 0. The molecule has 1 fully saturated rings. The maximum atomic E-state index is 10.7. The molecule has 0 radical (unpaired) electrons. The van der Waals surface area contributed by atoms with Crippen molar-refractivity contribution in [2.45, 2.75) is 38.6 Å². The van der Waals surface area contributed by atoms with Crippen LogP contribution in [0.15, 0.2) is 12.7 Å². The number of nitrogens with zero attached hydrogens (tertiary/aromatic N) is 3. The summed E-state index contributed by atoms with van der Waals surface area (Å²) in [6.45, 7) is 0.771. The second-order valence-corrected chi connectivity index (χ2v) is 4.33. The summed E-state index contributed by atoms with van der Waals surface area (Å²) in [4.78, 5) is 14.6. The third-order valence-electron chi connectivity index (χ3n) is 3.28. The summed E-state index contributed by atoms with van der Waals surface area (Å²) in [7, 11) is 0. The minimum Gasteiger partial charge on any atom is -0.481 e. The highest BCUT2D eigenvalue weighted by atomic mass is 16.4. The third-order valence-corrected chi connectivity index (χ3v) is 3.28. The molecule has 0 saturated heterocycles. The van der Waals surface area contributed by atoms with Gasteiger partial charge in [-0.3, -0.25) is 9.48 Å². The lowest BCUT2D eigenvalue weighted by molar-refractivity contribution is -0.141. The molecule has 0 amide bonds. The van der Waals surface area contributed by atoms with E-state index in [0.29, 0.717) is 6.42 Å². The van der Waals surface area contributed by atoms with Crippen LogP contribution in [0, 0.1) is 5.41 Å². The average Bonchev–Trinajstić information content (AvgIpc) is 2.61. The van der Waals surface area contributed by atoms with Gasteiger partial charge in [-0.15, -0.1) is 0 Å². The van der Waals surface area contributed by atoms with E-state index in [9.17, 15) is 4.79 Å². The van der Waals surface area contributed by atoms with Crippen LogP contribution in [0.3, 0.4) is 0 Å². The quantitative estimate of drug-likeness (QED) is 0.794. The number of carboxylic acids is 1. The van der Waals surface area contributed by atoms with Crippen molar-refractivity contribution < 1.29 is 9.90 Å². The molecule has 2 rings (SSSR count). The fraction of sp³-hybridized carbons (Fsp3) is 0.700. The van der Waals surface area contributed by atoms with Crippen LogP contribution in [0.4, 0.5) is 0 Å². The molecule has 0 atom stereocenters. The van der Waals surface area contributed by atoms with Crippen molar-refractivity contribution in [3.05, 3.63) is 12.7 Å². The van der Waals surface area contributed by atoms with Crippen molar-refractivity contribution in [1.29, 1.82) is 0 Å². The Morgan fingerprint density at radius 1 is 1.53 bits per heavy atom. The molecular weight excluding hydrogens is 194 g/mol. The lowest BCUT2D eigenvalue weighted by Crippen LogP contribution is -2.33. The number of carboxylic acid groups (broad SMARTS) is 1. The van der Waals surface area contributed by atoms with Gasteiger partial charge in [0.15, 0.2) is 0 Å². The molecule has 5 heteroatoms. The minimum absolute atomic E-state index is 0.0256. The predicted molar refractivity (Wildman–Crippen MR) is 53.2 cm³/mol.